The minimum atomic E-state index is -0.234. The summed E-state index contributed by atoms with van der Waals surface area (Å²) in [7, 11) is 0. The van der Waals surface area contributed by atoms with Crippen molar-refractivity contribution in [3.8, 4) is 11.8 Å². The number of nitrogens with zero attached hydrogens (tertiary/aromatic N) is 2. The van der Waals surface area contributed by atoms with Crippen molar-refractivity contribution in [1.29, 1.82) is 0 Å². The largest absolute Gasteiger partial charge is 0.423 e. The Bertz CT molecular complexity index is 694. The molecule has 1 aromatic carbocycles. The first-order valence-corrected chi connectivity index (χ1v) is 7.36. The van der Waals surface area contributed by atoms with Gasteiger partial charge in [0, 0.05) is 12.2 Å². The molecule has 22 heavy (non-hydrogen) atoms. The van der Waals surface area contributed by atoms with Gasteiger partial charge in [-0.2, -0.15) is 0 Å². The highest BCUT2D eigenvalue weighted by atomic mass is 35.5. The summed E-state index contributed by atoms with van der Waals surface area (Å²) in [6, 6.07) is 5.08. The summed E-state index contributed by atoms with van der Waals surface area (Å²) in [6.07, 6.45) is 3.62. The number of ether oxygens (including phenoxy) is 1. The molecule has 0 unspecified atom stereocenters. The number of hydrogen-bond donors (Lipinski definition) is 2. The van der Waals surface area contributed by atoms with Gasteiger partial charge in [-0.05, 0) is 24.6 Å². The Morgan fingerprint density at radius 1 is 1.27 bits per heavy atom. The summed E-state index contributed by atoms with van der Waals surface area (Å²) in [4.78, 5) is 19.4. The Kier molecular flexibility index (Phi) is 4.31. The van der Waals surface area contributed by atoms with Crippen LogP contribution in [0.25, 0.3) is 0 Å². The minimum Gasteiger partial charge on any atom is -0.423 e. The first kappa shape index (κ1) is 14.9. The highest BCUT2D eigenvalue weighted by molar-refractivity contribution is 6.32. The molecule has 0 saturated carbocycles. The predicted molar refractivity (Wildman–Crippen MR) is 83.6 cm³/mol. The van der Waals surface area contributed by atoms with E-state index in [2.05, 4.69) is 20.6 Å². The minimum absolute atomic E-state index is 0.00832. The lowest BCUT2D eigenvalue weighted by Gasteiger charge is -2.13. The molecule has 0 aliphatic carbocycles. The van der Waals surface area contributed by atoms with Crippen molar-refractivity contribution in [3.05, 3.63) is 40.6 Å². The molecule has 1 aliphatic heterocycles. The lowest BCUT2D eigenvalue weighted by atomic mass is 10.2. The normalized spacial score (nSPS) is 17.2. The first-order chi connectivity index (χ1) is 10.6. The molecule has 0 radical (unpaired) electrons. The van der Waals surface area contributed by atoms with E-state index in [1.807, 2.05) is 0 Å². The standard InChI is InChI=1S/C14H12Cl2N4O2/c15-8-6-18-14(19-7-8)22-12-2-1-9(5-10(12)16)20-11-3-4-17-13(11)21/h1-2,5-7,11,20H,3-4H2,(H,17,21)/t11-/m0/s1. The molecule has 0 spiro atoms. The van der Waals surface area contributed by atoms with Crippen LogP contribution in [0.3, 0.4) is 0 Å². The summed E-state index contributed by atoms with van der Waals surface area (Å²) in [6.45, 7) is 0.680. The van der Waals surface area contributed by atoms with Crippen molar-refractivity contribution >= 4 is 34.8 Å². The van der Waals surface area contributed by atoms with Gasteiger partial charge in [-0.1, -0.05) is 23.2 Å². The first-order valence-electron chi connectivity index (χ1n) is 6.61. The summed E-state index contributed by atoms with van der Waals surface area (Å²) in [5.74, 6) is 0.413. The fourth-order valence-corrected chi connectivity index (χ4v) is 2.37. The van der Waals surface area contributed by atoms with Gasteiger partial charge in [0.25, 0.3) is 0 Å². The number of anilines is 1. The highest BCUT2D eigenvalue weighted by Crippen LogP contribution is 2.31. The fourth-order valence-electron chi connectivity index (χ4n) is 2.06. The van der Waals surface area contributed by atoms with E-state index in [9.17, 15) is 4.79 Å². The van der Waals surface area contributed by atoms with E-state index >= 15 is 0 Å². The van der Waals surface area contributed by atoms with Crippen LogP contribution in [0, 0.1) is 0 Å². The van der Waals surface area contributed by atoms with Crippen molar-refractivity contribution in [2.24, 2.45) is 0 Å². The lowest BCUT2D eigenvalue weighted by Crippen LogP contribution is -2.29. The van der Waals surface area contributed by atoms with Crippen LogP contribution in [0.5, 0.6) is 11.8 Å². The second-order valence-corrected chi connectivity index (χ2v) is 5.55. The number of rotatable bonds is 4. The third-order valence-corrected chi connectivity index (χ3v) is 3.61. The maximum absolute atomic E-state index is 11.5. The monoisotopic (exact) mass is 338 g/mol. The molecule has 2 N–H and O–H groups in total. The fraction of sp³-hybridized carbons (Fsp3) is 0.214. The summed E-state index contributed by atoms with van der Waals surface area (Å²) < 4.78 is 5.49. The van der Waals surface area contributed by atoms with Crippen molar-refractivity contribution in [2.75, 3.05) is 11.9 Å². The molecule has 1 aliphatic rings. The molecular formula is C14H12Cl2N4O2. The second kappa shape index (κ2) is 6.37. The molecular weight excluding hydrogens is 327 g/mol. The Hall–Kier alpha value is -2.05. The van der Waals surface area contributed by atoms with E-state index in [4.69, 9.17) is 27.9 Å². The average molecular weight is 339 g/mol. The number of aromatic nitrogens is 2. The van der Waals surface area contributed by atoms with Gasteiger partial charge < -0.3 is 15.4 Å². The van der Waals surface area contributed by atoms with Gasteiger partial charge in [0.1, 0.15) is 11.8 Å². The van der Waals surface area contributed by atoms with Gasteiger partial charge in [-0.25, -0.2) is 9.97 Å². The van der Waals surface area contributed by atoms with Crippen LogP contribution in [0.4, 0.5) is 5.69 Å². The summed E-state index contributed by atoms with van der Waals surface area (Å²) >= 11 is 11.9. The van der Waals surface area contributed by atoms with E-state index in [-0.39, 0.29) is 18.0 Å². The zero-order valence-electron chi connectivity index (χ0n) is 11.3. The van der Waals surface area contributed by atoms with E-state index in [0.29, 0.717) is 22.3 Å². The molecule has 114 valence electrons. The highest BCUT2D eigenvalue weighted by Gasteiger charge is 2.23. The zero-order valence-corrected chi connectivity index (χ0v) is 12.9. The SMILES string of the molecule is O=C1NCC[C@@H]1Nc1ccc(Oc2ncc(Cl)cn2)c(Cl)c1. The van der Waals surface area contributed by atoms with E-state index < -0.39 is 0 Å². The molecule has 8 heteroatoms. The topological polar surface area (TPSA) is 76.1 Å². The summed E-state index contributed by atoms with van der Waals surface area (Å²) in [5, 5.41) is 6.71. The molecule has 6 nitrogen and oxygen atoms in total. The van der Waals surface area contributed by atoms with Crippen molar-refractivity contribution in [3.63, 3.8) is 0 Å². The van der Waals surface area contributed by atoms with Crippen LogP contribution in [0.2, 0.25) is 10.0 Å². The number of halogens is 2. The maximum Gasteiger partial charge on any atom is 0.322 e. The van der Waals surface area contributed by atoms with Gasteiger partial charge in [-0.15, -0.1) is 0 Å². The molecule has 1 fully saturated rings. The van der Waals surface area contributed by atoms with Crippen LogP contribution in [0.15, 0.2) is 30.6 Å². The lowest BCUT2D eigenvalue weighted by molar-refractivity contribution is -0.119. The van der Waals surface area contributed by atoms with Crippen LogP contribution in [-0.2, 0) is 4.79 Å². The number of amides is 1. The Morgan fingerprint density at radius 3 is 2.68 bits per heavy atom. The number of benzene rings is 1. The molecule has 0 bridgehead atoms. The van der Waals surface area contributed by atoms with Crippen molar-refractivity contribution in [1.82, 2.24) is 15.3 Å². The molecule has 1 saturated heterocycles. The van der Waals surface area contributed by atoms with Gasteiger partial charge in [0.05, 0.1) is 22.4 Å². The van der Waals surface area contributed by atoms with Gasteiger partial charge in [0.15, 0.2) is 0 Å². The molecule has 1 amide bonds. The van der Waals surface area contributed by atoms with Crippen LogP contribution < -0.4 is 15.4 Å². The zero-order chi connectivity index (χ0) is 15.5. The van der Waals surface area contributed by atoms with Crippen molar-refractivity contribution < 1.29 is 9.53 Å². The summed E-state index contributed by atoms with van der Waals surface area (Å²) in [5.41, 5.74) is 0.747. The number of carbonyl (C=O) groups is 1. The number of nitrogens with one attached hydrogen (secondary N) is 2. The third-order valence-electron chi connectivity index (χ3n) is 3.12. The second-order valence-electron chi connectivity index (χ2n) is 4.71. The molecule has 3 rings (SSSR count). The molecule has 2 heterocycles. The molecule has 1 atom stereocenters. The average Bonchev–Trinajstić information content (AvgIpc) is 2.89. The van der Waals surface area contributed by atoms with E-state index in [1.54, 1.807) is 18.2 Å². The van der Waals surface area contributed by atoms with Crippen LogP contribution >= 0.6 is 23.2 Å². The Morgan fingerprint density at radius 2 is 2.05 bits per heavy atom. The smallest absolute Gasteiger partial charge is 0.322 e. The van der Waals surface area contributed by atoms with E-state index in [1.165, 1.54) is 12.4 Å². The van der Waals surface area contributed by atoms with Gasteiger partial charge in [0.2, 0.25) is 5.91 Å². The van der Waals surface area contributed by atoms with Gasteiger partial charge >= 0.3 is 6.01 Å². The third kappa shape index (κ3) is 3.40. The molecule has 1 aromatic heterocycles. The Labute approximate surface area is 136 Å². The van der Waals surface area contributed by atoms with Gasteiger partial charge in [-0.3, -0.25) is 4.79 Å². The Balaban J connectivity index is 1.71. The number of hydrogen-bond acceptors (Lipinski definition) is 5. The van der Waals surface area contributed by atoms with Crippen LogP contribution in [-0.4, -0.2) is 28.5 Å². The van der Waals surface area contributed by atoms with Crippen molar-refractivity contribution in [2.45, 2.75) is 12.5 Å². The number of carbonyl (C=O) groups excluding carboxylic acids is 1. The van der Waals surface area contributed by atoms with E-state index in [0.717, 1.165) is 12.1 Å². The maximum atomic E-state index is 11.5. The molecule has 2 aromatic rings. The quantitative estimate of drug-likeness (QED) is 0.896. The predicted octanol–water partition coefficient (Wildman–Crippen LogP) is 2.88. The van der Waals surface area contributed by atoms with Crippen LogP contribution in [0.1, 0.15) is 6.42 Å².